The maximum Gasteiger partial charge on any atom is 0.274 e. The predicted molar refractivity (Wildman–Crippen MR) is 81.3 cm³/mol. The molecule has 1 saturated heterocycles. The third kappa shape index (κ3) is 3.14. The number of imidazole rings is 1. The van der Waals surface area contributed by atoms with Crippen molar-refractivity contribution >= 4 is 5.91 Å². The molecule has 1 N–H and O–H groups in total. The van der Waals surface area contributed by atoms with Crippen LogP contribution < -0.4 is 0 Å². The van der Waals surface area contributed by atoms with E-state index >= 15 is 0 Å². The van der Waals surface area contributed by atoms with Gasteiger partial charge in [-0.25, -0.2) is 9.97 Å². The van der Waals surface area contributed by atoms with Crippen molar-refractivity contribution in [2.24, 2.45) is 0 Å². The minimum Gasteiger partial charge on any atom is -0.345 e. The van der Waals surface area contributed by atoms with Crippen molar-refractivity contribution in [3.05, 3.63) is 42.0 Å². The molecule has 0 radical (unpaired) electrons. The summed E-state index contributed by atoms with van der Waals surface area (Å²) in [6.07, 6.45) is 7.42. The molecule has 1 amide bonds. The molecule has 0 spiro atoms. The van der Waals surface area contributed by atoms with Crippen LogP contribution in [0.4, 0.5) is 0 Å². The second-order valence-corrected chi connectivity index (χ2v) is 5.86. The highest BCUT2D eigenvalue weighted by atomic mass is 16.2. The van der Waals surface area contributed by atoms with Gasteiger partial charge in [-0.1, -0.05) is 0 Å². The molecular formula is C15H20N6O. The molecule has 0 aromatic carbocycles. The first-order valence-corrected chi connectivity index (χ1v) is 7.37. The molecule has 0 bridgehead atoms. The summed E-state index contributed by atoms with van der Waals surface area (Å²) in [6, 6.07) is 0. The zero-order valence-corrected chi connectivity index (χ0v) is 12.9. The van der Waals surface area contributed by atoms with Crippen molar-refractivity contribution in [2.75, 3.05) is 27.2 Å². The van der Waals surface area contributed by atoms with Crippen molar-refractivity contribution in [1.29, 1.82) is 0 Å². The summed E-state index contributed by atoms with van der Waals surface area (Å²) >= 11 is 0. The lowest BCUT2D eigenvalue weighted by Crippen LogP contribution is -2.29. The van der Waals surface area contributed by atoms with Crippen molar-refractivity contribution in [1.82, 2.24) is 29.7 Å². The highest BCUT2D eigenvalue weighted by Crippen LogP contribution is 2.26. The molecule has 3 rings (SSSR count). The van der Waals surface area contributed by atoms with E-state index in [1.165, 1.54) is 6.20 Å². The first kappa shape index (κ1) is 14.6. The topological polar surface area (TPSA) is 78.0 Å². The summed E-state index contributed by atoms with van der Waals surface area (Å²) in [7, 11) is 4.05. The van der Waals surface area contributed by atoms with E-state index in [1.807, 2.05) is 25.2 Å². The number of aromatic nitrogens is 4. The number of carbonyl (C=O) groups excluding carboxylic acids is 1. The van der Waals surface area contributed by atoms with Gasteiger partial charge in [0.2, 0.25) is 0 Å². The standard InChI is InChI=1S/C15H20N6O/c1-20(2)10-12-7-18-14(19-12)11-3-6-21(9-11)15(22)13-8-16-4-5-17-13/h4-5,7-8,11H,3,6,9-10H2,1-2H3,(H,18,19). The SMILES string of the molecule is CN(C)Cc1cnc(C2CCN(C(=O)c3cnccn3)C2)[nH]1. The minimum atomic E-state index is -0.0596. The van der Waals surface area contributed by atoms with E-state index in [4.69, 9.17) is 0 Å². The van der Waals surface area contributed by atoms with Crippen LogP contribution >= 0.6 is 0 Å². The highest BCUT2D eigenvalue weighted by molar-refractivity contribution is 5.92. The average Bonchev–Trinajstić information content (AvgIpc) is 3.15. The Kier molecular flexibility index (Phi) is 4.15. The minimum absolute atomic E-state index is 0.0596. The van der Waals surface area contributed by atoms with Gasteiger partial charge in [0.15, 0.2) is 0 Å². The van der Waals surface area contributed by atoms with Crippen LogP contribution in [0.1, 0.15) is 34.3 Å². The molecular weight excluding hydrogens is 280 g/mol. The van der Waals surface area contributed by atoms with Crippen molar-refractivity contribution in [3.63, 3.8) is 0 Å². The Morgan fingerprint density at radius 1 is 1.36 bits per heavy atom. The third-order valence-electron chi connectivity index (χ3n) is 3.78. The molecule has 2 aromatic heterocycles. The molecule has 3 heterocycles. The fraction of sp³-hybridized carbons (Fsp3) is 0.467. The van der Waals surface area contributed by atoms with Crippen LogP contribution in [0.15, 0.2) is 24.8 Å². The van der Waals surface area contributed by atoms with Gasteiger partial charge in [0.1, 0.15) is 11.5 Å². The maximum atomic E-state index is 12.4. The first-order valence-electron chi connectivity index (χ1n) is 7.37. The molecule has 116 valence electrons. The molecule has 1 atom stereocenters. The molecule has 1 aliphatic heterocycles. The van der Waals surface area contributed by atoms with E-state index in [0.717, 1.165) is 31.0 Å². The number of hydrogen-bond donors (Lipinski definition) is 1. The number of H-pyrrole nitrogens is 1. The lowest BCUT2D eigenvalue weighted by Gasteiger charge is -2.15. The van der Waals surface area contributed by atoms with Crippen molar-refractivity contribution < 1.29 is 4.79 Å². The van der Waals surface area contributed by atoms with E-state index in [2.05, 4.69) is 24.8 Å². The molecule has 0 saturated carbocycles. The van der Waals surface area contributed by atoms with Gasteiger partial charge < -0.3 is 14.8 Å². The zero-order valence-electron chi connectivity index (χ0n) is 12.9. The Labute approximate surface area is 129 Å². The molecule has 7 nitrogen and oxygen atoms in total. The van der Waals surface area contributed by atoms with Gasteiger partial charge >= 0.3 is 0 Å². The van der Waals surface area contributed by atoms with Gasteiger partial charge in [-0.15, -0.1) is 0 Å². The highest BCUT2D eigenvalue weighted by Gasteiger charge is 2.30. The number of hydrogen-bond acceptors (Lipinski definition) is 5. The van der Waals surface area contributed by atoms with Gasteiger partial charge in [0.25, 0.3) is 5.91 Å². The maximum absolute atomic E-state index is 12.4. The smallest absolute Gasteiger partial charge is 0.274 e. The Hall–Kier alpha value is -2.28. The normalized spacial score (nSPS) is 18.1. The molecule has 2 aromatic rings. The van der Waals surface area contributed by atoms with E-state index in [1.54, 1.807) is 12.4 Å². The summed E-state index contributed by atoms with van der Waals surface area (Å²) in [5.74, 6) is 1.17. The fourth-order valence-electron chi connectivity index (χ4n) is 2.74. The number of nitrogens with zero attached hydrogens (tertiary/aromatic N) is 5. The van der Waals surface area contributed by atoms with E-state index in [-0.39, 0.29) is 11.8 Å². The lowest BCUT2D eigenvalue weighted by molar-refractivity contribution is 0.0784. The summed E-state index contributed by atoms with van der Waals surface area (Å²) < 4.78 is 0. The Morgan fingerprint density at radius 3 is 2.95 bits per heavy atom. The molecule has 7 heteroatoms. The number of rotatable bonds is 4. The monoisotopic (exact) mass is 300 g/mol. The number of likely N-dealkylation sites (tertiary alicyclic amines) is 1. The Balaban J connectivity index is 1.65. The van der Waals surface area contributed by atoms with E-state index < -0.39 is 0 Å². The van der Waals surface area contributed by atoms with E-state index in [9.17, 15) is 4.79 Å². The summed E-state index contributed by atoms with van der Waals surface area (Å²) in [4.78, 5) is 32.1. The number of aromatic amines is 1. The second-order valence-electron chi connectivity index (χ2n) is 5.86. The van der Waals surface area contributed by atoms with Crippen LogP contribution in [0, 0.1) is 0 Å². The predicted octanol–water partition coefficient (Wildman–Crippen LogP) is 0.891. The summed E-state index contributed by atoms with van der Waals surface area (Å²) in [5.41, 5.74) is 1.49. The number of amides is 1. The molecule has 1 unspecified atom stereocenters. The van der Waals surface area contributed by atoms with Crippen LogP contribution in [0.5, 0.6) is 0 Å². The van der Waals surface area contributed by atoms with Gasteiger partial charge in [0, 0.05) is 49.8 Å². The van der Waals surface area contributed by atoms with Gasteiger partial charge in [-0.2, -0.15) is 0 Å². The first-order chi connectivity index (χ1) is 10.6. The lowest BCUT2D eigenvalue weighted by atomic mass is 10.1. The van der Waals surface area contributed by atoms with Crippen LogP contribution in [0.25, 0.3) is 0 Å². The summed E-state index contributed by atoms with van der Waals surface area (Å²) in [6.45, 7) is 2.23. The molecule has 1 aliphatic rings. The summed E-state index contributed by atoms with van der Waals surface area (Å²) in [5, 5.41) is 0. The number of carbonyl (C=O) groups is 1. The molecule has 0 aliphatic carbocycles. The number of nitrogens with one attached hydrogen (secondary N) is 1. The van der Waals surface area contributed by atoms with Crippen LogP contribution in [-0.4, -0.2) is 62.8 Å². The molecule has 22 heavy (non-hydrogen) atoms. The third-order valence-corrected chi connectivity index (χ3v) is 3.78. The fourth-order valence-corrected chi connectivity index (χ4v) is 2.74. The largest absolute Gasteiger partial charge is 0.345 e. The second kappa shape index (κ2) is 6.23. The quantitative estimate of drug-likeness (QED) is 0.907. The van der Waals surface area contributed by atoms with Gasteiger partial charge in [-0.05, 0) is 20.5 Å². The Morgan fingerprint density at radius 2 is 2.23 bits per heavy atom. The van der Waals surface area contributed by atoms with Gasteiger partial charge in [-0.3, -0.25) is 9.78 Å². The van der Waals surface area contributed by atoms with E-state index in [0.29, 0.717) is 12.2 Å². The van der Waals surface area contributed by atoms with Crippen molar-refractivity contribution in [3.8, 4) is 0 Å². The van der Waals surface area contributed by atoms with Crippen LogP contribution in [0.2, 0.25) is 0 Å². The van der Waals surface area contributed by atoms with Crippen molar-refractivity contribution in [2.45, 2.75) is 18.9 Å². The zero-order chi connectivity index (χ0) is 15.5. The Bertz CT molecular complexity index is 638. The molecule has 1 fully saturated rings. The van der Waals surface area contributed by atoms with Gasteiger partial charge in [0.05, 0.1) is 6.20 Å². The van der Waals surface area contributed by atoms with Crippen LogP contribution in [0.3, 0.4) is 0 Å². The van der Waals surface area contributed by atoms with Crippen LogP contribution in [-0.2, 0) is 6.54 Å². The average molecular weight is 300 g/mol.